The van der Waals surface area contributed by atoms with Gasteiger partial charge in [-0.1, -0.05) is 17.7 Å². The largest absolute Gasteiger partial charge is 0.377 e. The first kappa shape index (κ1) is 12.1. The Bertz CT molecular complexity index is 325. The van der Waals surface area contributed by atoms with E-state index < -0.39 is 6.04 Å². The summed E-state index contributed by atoms with van der Waals surface area (Å²) in [5.41, 5.74) is 7.38. The van der Waals surface area contributed by atoms with Crippen molar-refractivity contribution >= 4 is 0 Å². The van der Waals surface area contributed by atoms with Crippen LogP contribution in [0.4, 0.5) is 4.39 Å². The van der Waals surface area contributed by atoms with Gasteiger partial charge < -0.3 is 10.5 Å². The van der Waals surface area contributed by atoms with Crippen LogP contribution in [-0.4, -0.2) is 12.7 Å². The van der Waals surface area contributed by atoms with Crippen LogP contribution in [-0.2, 0) is 4.74 Å². The summed E-state index contributed by atoms with van der Waals surface area (Å²) in [6, 6.07) is 4.55. The highest BCUT2D eigenvalue weighted by atomic mass is 19.1. The first-order chi connectivity index (χ1) is 7.00. The van der Waals surface area contributed by atoms with E-state index in [1.54, 1.807) is 12.1 Å². The summed E-state index contributed by atoms with van der Waals surface area (Å²) in [6.07, 6.45) is 0.115. The summed E-state index contributed by atoms with van der Waals surface area (Å²) in [5, 5.41) is 0. The average molecular weight is 211 g/mol. The number of ether oxygens (including phenoxy) is 1. The van der Waals surface area contributed by atoms with Gasteiger partial charge in [0.15, 0.2) is 0 Å². The predicted molar refractivity (Wildman–Crippen MR) is 59.2 cm³/mol. The smallest absolute Gasteiger partial charge is 0.128 e. The van der Waals surface area contributed by atoms with Gasteiger partial charge in [-0.3, -0.25) is 0 Å². The van der Waals surface area contributed by atoms with E-state index in [9.17, 15) is 4.39 Å². The molecule has 15 heavy (non-hydrogen) atoms. The van der Waals surface area contributed by atoms with Gasteiger partial charge in [0.1, 0.15) is 5.82 Å². The van der Waals surface area contributed by atoms with Crippen molar-refractivity contribution in [2.75, 3.05) is 6.61 Å². The lowest BCUT2D eigenvalue weighted by Crippen LogP contribution is -2.20. The lowest BCUT2D eigenvalue weighted by Gasteiger charge is -2.15. The SMILES string of the molecule is Cc1ccc(F)c(C(N)COC(C)C)c1. The van der Waals surface area contributed by atoms with Gasteiger partial charge in [0.2, 0.25) is 0 Å². The Morgan fingerprint density at radius 1 is 1.40 bits per heavy atom. The van der Waals surface area contributed by atoms with E-state index in [0.29, 0.717) is 12.2 Å². The van der Waals surface area contributed by atoms with E-state index in [0.717, 1.165) is 5.56 Å². The highest BCUT2D eigenvalue weighted by Crippen LogP contribution is 2.17. The fraction of sp³-hybridized carbons (Fsp3) is 0.500. The molecule has 0 saturated heterocycles. The summed E-state index contributed by atoms with van der Waals surface area (Å²) >= 11 is 0. The third-order valence-electron chi connectivity index (χ3n) is 2.16. The zero-order valence-electron chi connectivity index (χ0n) is 9.46. The van der Waals surface area contributed by atoms with E-state index in [4.69, 9.17) is 10.5 Å². The molecule has 1 rings (SSSR count). The van der Waals surface area contributed by atoms with Crippen LogP contribution in [0.15, 0.2) is 18.2 Å². The fourth-order valence-corrected chi connectivity index (χ4v) is 1.33. The summed E-state index contributed by atoms with van der Waals surface area (Å²) in [6.45, 7) is 6.12. The van der Waals surface area contributed by atoms with Crippen molar-refractivity contribution in [2.45, 2.75) is 32.9 Å². The molecule has 1 aromatic rings. The lowest BCUT2D eigenvalue weighted by molar-refractivity contribution is 0.0677. The van der Waals surface area contributed by atoms with E-state index >= 15 is 0 Å². The molecule has 1 unspecified atom stereocenters. The molecule has 0 fully saturated rings. The minimum Gasteiger partial charge on any atom is -0.377 e. The second-order valence-electron chi connectivity index (χ2n) is 4.01. The van der Waals surface area contributed by atoms with Gasteiger partial charge in [0.05, 0.1) is 18.8 Å². The lowest BCUT2D eigenvalue weighted by atomic mass is 10.1. The normalized spacial score (nSPS) is 13.2. The molecule has 0 aliphatic heterocycles. The van der Waals surface area contributed by atoms with Gasteiger partial charge in [-0.05, 0) is 26.8 Å². The predicted octanol–water partition coefficient (Wildman–Crippen LogP) is 2.56. The molecule has 0 bridgehead atoms. The number of nitrogens with two attached hydrogens (primary N) is 1. The second kappa shape index (κ2) is 5.24. The molecule has 0 saturated carbocycles. The van der Waals surface area contributed by atoms with Gasteiger partial charge in [-0.15, -0.1) is 0 Å². The number of hydrogen-bond acceptors (Lipinski definition) is 2. The van der Waals surface area contributed by atoms with Gasteiger partial charge >= 0.3 is 0 Å². The molecule has 2 nitrogen and oxygen atoms in total. The summed E-state index contributed by atoms with van der Waals surface area (Å²) in [7, 11) is 0. The van der Waals surface area contributed by atoms with Gasteiger partial charge in [-0.25, -0.2) is 4.39 Å². The molecule has 0 aliphatic rings. The van der Waals surface area contributed by atoms with Crippen molar-refractivity contribution in [3.05, 3.63) is 35.1 Å². The maximum Gasteiger partial charge on any atom is 0.128 e. The van der Waals surface area contributed by atoms with Crippen molar-refractivity contribution in [3.8, 4) is 0 Å². The summed E-state index contributed by atoms with van der Waals surface area (Å²) < 4.78 is 18.8. The molecule has 0 spiro atoms. The third kappa shape index (κ3) is 3.61. The molecule has 3 heteroatoms. The van der Waals surface area contributed by atoms with Crippen molar-refractivity contribution in [1.29, 1.82) is 0 Å². The van der Waals surface area contributed by atoms with Gasteiger partial charge in [0.25, 0.3) is 0 Å². The molecule has 1 aromatic carbocycles. The number of hydrogen-bond donors (Lipinski definition) is 1. The maximum atomic E-state index is 13.4. The van der Waals surface area contributed by atoms with Crippen LogP contribution in [0, 0.1) is 12.7 Å². The number of benzene rings is 1. The molecule has 1 atom stereocenters. The molecular formula is C12H18FNO. The number of rotatable bonds is 4. The quantitative estimate of drug-likeness (QED) is 0.830. The second-order valence-corrected chi connectivity index (χ2v) is 4.01. The maximum absolute atomic E-state index is 13.4. The Labute approximate surface area is 90.2 Å². The van der Waals surface area contributed by atoms with Crippen LogP contribution in [0.5, 0.6) is 0 Å². The number of aryl methyl sites for hydroxylation is 1. The highest BCUT2D eigenvalue weighted by Gasteiger charge is 2.12. The Morgan fingerprint density at radius 2 is 2.07 bits per heavy atom. The van der Waals surface area contributed by atoms with Gasteiger partial charge in [0, 0.05) is 5.56 Å². The van der Waals surface area contributed by atoms with Crippen LogP contribution in [0.25, 0.3) is 0 Å². The Kier molecular flexibility index (Phi) is 4.24. The zero-order valence-corrected chi connectivity index (χ0v) is 9.46. The van der Waals surface area contributed by atoms with Crippen molar-refractivity contribution < 1.29 is 9.13 Å². The Hall–Kier alpha value is -0.930. The van der Waals surface area contributed by atoms with Crippen molar-refractivity contribution in [1.82, 2.24) is 0 Å². The third-order valence-corrected chi connectivity index (χ3v) is 2.16. The minimum absolute atomic E-state index is 0.115. The molecule has 0 aromatic heterocycles. The molecule has 0 radical (unpaired) electrons. The molecule has 0 aliphatic carbocycles. The molecule has 0 heterocycles. The van der Waals surface area contributed by atoms with Crippen LogP contribution in [0.2, 0.25) is 0 Å². The van der Waals surface area contributed by atoms with Crippen LogP contribution in [0.3, 0.4) is 0 Å². The Balaban J connectivity index is 2.72. The summed E-state index contributed by atoms with van der Waals surface area (Å²) in [5.74, 6) is -0.263. The Morgan fingerprint density at radius 3 is 2.67 bits per heavy atom. The van der Waals surface area contributed by atoms with E-state index in [2.05, 4.69) is 0 Å². The van der Waals surface area contributed by atoms with Crippen molar-refractivity contribution in [2.24, 2.45) is 5.73 Å². The molecule has 0 amide bonds. The first-order valence-electron chi connectivity index (χ1n) is 5.14. The molecular weight excluding hydrogens is 193 g/mol. The first-order valence-corrected chi connectivity index (χ1v) is 5.14. The van der Waals surface area contributed by atoms with Crippen LogP contribution < -0.4 is 5.73 Å². The monoisotopic (exact) mass is 211 g/mol. The molecule has 84 valence electrons. The standard InChI is InChI=1S/C12H18FNO/c1-8(2)15-7-12(14)10-6-9(3)4-5-11(10)13/h4-6,8,12H,7,14H2,1-3H3. The average Bonchev–Trinajstić information content (AvgIpc) is 2.18. The highest BCUT2D eigenvalue weighted by molar-refractivity contribution is 5.26. The van der Waals surface area contributed by atoms with E-state index in [1.807, 2.05) is 20.8 Å². The van der Waals surface area contributed by atoms with Crippen LogP contribution >= 0.6 is 0 Å². The minimum atomic E-state index is -0.396. The number of halogens is 1. The van der Waals surface area contributed by atoms with Gasteiger partial charge in [-0.2, -0.15) is 0 Å². The topological polar surface area (TPSA) is 35.2 Å². The fourth-order valence-electron chi connectivity index (χ4n) is 1.33. The van der Waals surface area contributed by atoms with Crippen LogP contribution in [0.1, 0.15) is 31.0 Å². The van der Waals surface area contributed by atoms with E-state index in [1.165, 1.54) is 6.07 Å². The molecule has 2 N–H and O–H groups in total. The summed E-state index contributed by atoms with van der Waals surface area (Å²) in [4.78, 5) is 0. The van der Waals surface area contributed by atoms with Crippen molar-refractivity contribution in [3.63, 3.8) is 0 Å². The zero-order chi connectivity index (χ0) is 11.4. The van der Waals surface area contributed by atoms with E-state index in [-0.39, 0.29) is 11.9 Å².